The van der Waals surface area contributed by atoms with Crippen LogP contribution in [0.4, 0.5) is 18.9 Å². The molecule has 1 aliphatic rings. The molecule has 0 aliphatic carbocycles. The molecule has 1 atom stereocenters. The zero-order valence-corrected chi connectivity index (χ0v) is 13.8. The van der Waals surface area contributed by atoms with Crippen LogP contribution in [0.25, 0.3) is 0 Å². The lowest BCUT2D eigenvalue weighted by atomic mass is 9.95. The van der Waals surface area contributed by atoms with Crippen molar-refractivity contribution in [2.75, 3.05) is 25.0 Å². The van der Waals surface area contributed by atoms with E-state index >= 15 is 0 Å². The topological polar surface area (TPSA) is 15.3 Å². The zero-order valence-electron chi connectivity index (χ0n) is 12.2. The van der Waals surface area contributed by atoms with E-state index in [1.165, 1.54) is 0 Å². The number of hydrogen-bond acceptors (Lipinski definition) is 2. The fraction of sp³-hybridized carbons (Fsp3) is 0.600. The fourth-order valence-corrected chi connectivity index (χ4v) is 3.11. The van der Waals surface area contributed by atoms with E-state index in [9.17, 15) is 13.2 Å². The predicted molar refractivity (Wildman–Crippen MR) is 82.6 cm³/mol. The number of anilines is 1. The minimum absolute atomic E-state index is 0.161. The second-order valence-electron chi connectivity index (χ2n) is 5.52. The summed E-state index contributed by atoms with van der Waals surface area (Å²) >= 11 is 3.45. The van der Waals surface area contributed by atoms with Crippen molar-refractivity contribution in [1.82, 2.24) is 5.32 Å². The second-order valence-corrected chi connectivity index (χ2v) is 6.43. The molecule has 0 aromatic heterocycles. The Morgan fingerprint density at radius 2 is 1.90 bits per heavy atom. The Morgan fingerprint density at radius 1 is 1.29 bits per heavy atom. The summed E-state index contributed by atoms with van der Waals surface area (Å²) in [7, 11) is 1.88. The Hall–Kier alpha value is -0.750. The third-order valence-corrected chi connectivity index (χ3v) is 4.68. The van der Waals surface area contributed by atoms with Gasteiger partial charge in [-0.2, -0.15) is 13.2 Å². The van der Waals surface area contributed by atoms with E-state index < -0.39 is 12.1 Å². The van der Waals surface area contributed by atoms with Gasteiger partial charge in [-0.05, 0) is 44.5 Å². The molecule has 0 bridgehead atoms. The Morgan fingerprint density at radius 3 is 2.43 bits per heavy atom. The number of alkyl halides is 3. The molecule has 1 fully saturated rings. The lowest BCUT2D eigenvalue weighted by molar-refractivity contribution is -0.179. The zero-order chi connectivity index (χ0) is 15.6. The largest absolute Gasteiger partial charge is 0.391 e. The lowest BCUT2D eigenvalue weighted by Crippen LogP contribution is -2.39. The molecule has 1 saturated heterocycles. The van der Waals surface area contributed by atoms with Crippen LogP contribution in [0.15, 0.2) is 22.7 Å². The van der Waals surface area contributed by atoms with Crippen LogP contribution >= 0.6 is 15.9 Å². The molecule has 0 spiro atoms. The molecule has 2 nitrogen and oxygen atoms in total. The van der Waals surface area contributed by atoms with Crippen LogP contribution in [-0.4, -0.2) is 26.3 Å². The number of benzene rings is 1. The highest BCUT2D eigenvalue weighted by Gasteiger charge is 2.41. The van der Waals surface area contributed by atoms with Gasteiger partial charge < -0.3 is 10.2 Å². The molecule has 118 valence electrons. The van der Waals surface area contributed by atoms with E-state index in [1.807, 2.05) is 25.2 Å². The number of rotatable bonds is 3. The first-order valence-corrected chi connectivity index (χ1v) is 7.90. The standard InChI is InChI=1S/C15H20BrF3N2/c1-10(20-2)13-4-3-12(16)9-14(13)21-7-5-11(6-8-21)15(17,18)19/h3-4,9-11,20H,5-8H2,1-2H3. The maximum atomic E-state index is 12.8. The Bertz CT molecular complexity index is 482. The SMILES string of the molecule is CNC(C)c1ccc(Br)cc1N1CCC(C(F)(F)F)CC1. The van der Waals surface area contributed by atoms with Gasteiger partial charge >= 0.3 is 6.18 Å². The van der Waals surface area contributed by atoms with E-state index in [4.69, 9.17) is 0 Å². The molecule has 2 rings (SSSR count). The highest BCUT2D eigenvalue weighted by molar-refractivity contribution is 9.10. The third-order valence-electron chi connectivity index (χ3n) is 4.19. The highest BCUT2D eigenvalue weighted by Crippen LogP contribution is 2.37. The Labute approximate surface area is 131 Å². The minimum atomic E-state index is -4.07. The van der Waals surface area contributed by atoms with Crippen molar-refractivity contribution in [3.8, 4) is 0 Å². The van der Waals surface area contributed by atoms with Gasteiger partial charge in [0, 0.05) is 29.3 Å². The van der Waals surface area contributed by atoms with Gasteiger partial charge in [-0.15, -0.1) is 0 Å². The molecule has 1 N–H and O–H groups in total. The summed E-state index contributed by atoms with van der Waals surface area (Å²) in [5, 5.41) is 3.19. The average molecular weight is 365 g/mol. The molecule has 0 amide bonds. The van der Waals surface area contributed by atoms with Crippen molar-refractivity contribution in [3.05, 3.63) is 28.2 Å². The number of nitrogens with one attached hydrogen (secondary N) is 1. The van der Waals surface area contributed by atoms with Crippen LogP contribution in [0, 0.1) is 5.92 Å². The third kappa shape index (κ3) is 3.92. The average Bonchev–Trinajstić information content (AvgIpc) is 2.45. The maximum absolute atomic E-state index is 12.8. The van der Waals surface area contributed by atoms with Crippen molar-refractivity contribution < 1.29 is 13.2 Å². The van der Waals surface area contributed by atoms with E-state index in [-0.39, 0.29) is 18.9 Å². The monoisotopic (exact) mass is 364 g/mol. The quantitative estimate of drug-likeness (QED) is 0.848. The summed E-state index contributed by atoms with van der Waals surface area (Å²) in [6.07, 6.45) is -3.72. The van der Waals surface area contributed by atoms with Crippen LogP contribution in [-0.2, 0) is 0 Å². The summed E-state index contributed by atoms with van der Waals surface area (Å²) in [4.78, 5) is 2.07. The van der Waals surface area contributed by atoms with Gasteiger partial charge in [0.1, 0.15) is 0 Å². The van der Waals surface area contributed by atoms with Crippen LogP contribution in [0.1, 0.15) is 31.4 Å². The van der Waals surface area contributed by atoms with Crippen molar-refractivity contribution in [2.24, 2.45) is 5.92 Å². The number of nitrogens with zero attached hydrogens (tertiary/aromatic N) is 1. The van der Waals surface area contributed by atoms with E-state index in [0.717, 1.165) is 15.7 Å². The summed E-state index contributed by atoms with van der Waals surface area (Å²) in [6.45, 7) is 2.95. The first-order chi connectivity index (χ1) is 9.82. The molecule has 21 heavy (non-hydrogen) atoms. The first-order valence-electron chi connectivity index (χ1n) is 7.11. The van der Waals surface area contributed by atoms with Gasteiger partial charge in [-0.25, -0.2) is 0 Å². The number of piperidine rings is 1. The molecular weight excluding hydrogens is 345 g/mol. The Balaban J connectivity index is 2.18. The molecule has 0 saturated carbocycles. The van der Waals surface area contributed by atoms with Gasteiger partial charge in [-0.3, -0.25) is 0 Å². The summed E-state index contributed by atoms with van der Waals surface area (Å²) in [5.74, 6) is -1.16. The van der Waals surface area contributed by atoms with Gasteiger partial charge in [-0.1, -0.05) is 22.0 Å². The van der Waals surface area contributed by atoms with Gasteiger partial charge in [0.2, 0.25) is 0 Å². The van der Waals surface area contributed by atoms with E-state index in [1.54, 1.807) is 0 Å². The Kier molecular flexibility index (Phi) is 5.20. The van der Waals surface area contributed by atoms with E-state index in [0.29, 0.717) is 13.1 Å². The highest BCUT2D eigenvalue weighted by atomic mass is 79.9. The summed E-state index contributed by atoms with van der Waals surface area (Å²) in [5.41, 5.74) is 2.14. The molecule has 1 aromatic carbocycles. The summed E-state index contributed by atoms with van der Waals surface area (Å²) < 4.78 is 39.2. The predicted octanol–water partition coefficient (Wildman–Crippen LogP) is 4.51. The van der Waals surface area contributed by atoms with E-state index in [2.05, 4.69) is 33.1 Å². The first kappa shape index (κ1) is 16.6. The van der Waals surface area contributed by atoms with Gasteiger partial charge in [0.15, 0.2) is 0 Å². The van der Waals surface area contributed by atoms with Crippen molar-refractivity contribution in [2.45, 2.75) is 32.0 Å². The smallest absolute Gasteiger partial charge is 0.371 e. The summed E-state index contributed by atoms with van der Waals surface area (Å²) in [6, 6.07) is 6.15. The number of hydrogen-bond donors (Lipinski definition) is 1. The van der Waals surface area contributed by atoms with Crippen molar-refractivity contribution in [1.29, 1.82) is 0 Å². The molecular formula is C15H20BrF3N2. The number of halogens is 4. The van der Waals surface area contributed by atoms with Crippen molar-refractivity contribution >= 4 is 21.6 Å². The van der Waals surface area contributed by atoms with Crippen LogP contribution in [0.2, 0.25) is 0 Å². The van der Waals surface area contributed by atoms with Crippen LogP contribution in [0.5, 0.6) is 0 Å². The van der Waals surface area contributed by atoms with Gasteiger partial charge in [0.05, 0.1) is 5.92 Å². The molecule has 1 unspecified atom stereocenters. The molecule has 1 aliphatic heterocycles. The minimum Gasteiger partial charge on any atom is -0.371 e. The molecule has 1 heterocycles. The fourth-order valence-electron chi connectivity index (χ4n) is 2.76. The normalized spacial score (nSPS) is 18.9. The molecule has 1 aromatic rings. The lowest BCUT2D eigenvalue weighted by Gasteiger charge is -2.36. The van der Waals surface area contributed by atoms with Crippen molar-refractivity contribution in [3.63, 3.8) is 0 Å². The maximum Gasteiger partial charge on any atom is 0.391 e. The second kappa shape index (κ2) is 6.57. The van der Waals surface area contributed by atoms with Crippen LogP contribution in [0.3, 0.4) is 0 Å². The molecule has 6 heteroatoms. The van der Waals surface area contributed by atoms with Gasteiger partial charge in [0.25, 0.3) is 0 Å². The van der Waals surface area contributed by atoms with Crippen LogP contribution < -0.4 is 10.2 Å². The molecule has 0 radical (unpaired) electrons.